The monoisotopic (exact) mass is 196 g/mol. The van der Waals surface area contributed by atoms with E-state index < -0.39 is 5.97 Å². The van der Waals surface area contributed by atoms with E-state index in [1.54, 1.807) is 0 Å². The van der Waals surface area contributed by atoms with Crippen molar-refractivity contribution in [3.8, 4) is 0 Å². The van der Waals surface area contributed by atoms with Crippen molar-refractivity contribution in [2.75, 3.05) is 0 Å². The van der Waals surface area contributed by atoms with E-state index in [-0.39, 0.29) is 17.3 Å². The zero-order valence-electron chi connectivity index (χ0n) is 9.55. The normalized spacial score (nSPS) is 24.1. The Labute approximate surface area is 86.0 Å². The number of aliphatic carboxylic acids is 1. The molecule has 14 heavy (non-hydrogen) atoms. The molecule has 0 saturated carbocycles. The molecule has 0 spiro atoms. The number of hydrogen-bond acceptors (Lipinski definition) is 1. The maximum absolute atomic E-state index is 10.6. The van der Waals surface area contributed by atoms with Crippen molar-refractivity contribution in [3.63, 3.8) is 0 Å². The van der Waals surface area contributed by atoms with Gasteiger partial charge in [-0.3, -0.25) is 4.79 Å². The van der Waals surface area contributed by atoms with Crippen molar-refractivity contribution in [2.24, 2.45) is 10.8 Å². The van der Waals surface area contributed by atoms with Gasteiger partial charge in [0.2, 0.25) is 0 Å². The summed E-state index contributed by atoms with van der Waals surface area (Å²) in [5.74, 6) is -0.718. The molecule has 0 unspecified atom stereocenters. The summed E-state index contributed by atoms with van der Waals surface area (Å²) >= 11 is 0. The number of carbonyl (C=O) groups is 1. The van der Waals surface area contributed by atoms with E-state index in [1.165, 1.54) is 0 Å². The Bertz CT molecular complexity index is 272. The van der Waals surface area contributed by atoms with Crippen molar-refractivity contribution in [1.29, 1.82) is 0 Å². The van der Waals surface area contributed by atoms with Crippen LogP contribution in [0.2, 0.25) is 0 Å². The lowest BCUT2D eigenvalue weighted by Gasteiger charge is -2.39. The lowest BCUT2D eigenvalue weighted by molar-refractivity contribution is -0.136. The first-order valence-electron chi connectivity index (χ1n) is 5.13. The zero-order chi connectivity index (χ0) is 11.0. The van der Waals surface area contributed by atoms with Crippen molar-refractivity contribution < 1.29 is 9.90 Å². The molecule has 2 heteroatoms. The smallest absolute Gasteiger partial charge is 0.307 e. The second kappa shape index (κ2) is 3.41. The first kappa shape index (κ1) is 11.3. The summed E-state index contributed by atoms with van der Waals surface area (Å²) < 4.78 is 0. The number of allylic oxidation sites excluding steroid dienone is 1. The van der Waals surface area contributed by atoms with E-state index in [2.05, 4.69) is 33.8 Å². The van der Waals surface area contributed by atoms with Crippen LogP contribution >= 0.6 is 0 Å². The lowest BCUT2D eigenvalue weighted by Crippen LogP contribution is -2.27. The maximum Gasteiger partial charge on any atom is 0.307 e. The fourth-order valence-electron chi connectivity index (χ4n) is 2.87. The largest absolute Gasteiger partial charge is 0.481 e. The highest BCUT2D eigenvalue weighted by Gasteiger charge is 2.33. The second-order valence-corrected chi connectivity index (χ2v) is 5.88. The minimum atomic E-state index is -0.718. The van der Waals surface area contributed by atoms with Crippen LogP contribution in [0.25, 0.3) is 0 Å². The molecule has 0 atom stereocenters. The summed E-state index contributed by atoms with van der Waals surface area (Å²) in [6.07, 6.45) is 4.39. The van der Waals surface area contributed by atoms with Crippen molar-refractivity contribution in [1.82, 2.24) is 0 Å². The van der Waals surface area contributed by atoms with E-state index in [4.69, 9.17) is 5.11 Å². The molecule has 0 heterocycles. The average Bonchev–Trinajstić information content (AvgIpc) is 1.74. The van der Waals surface area contributed by atoms with Crippen LogP contribution in [-0.2, 0) is 4.79 Å². The Hall–Kier alpha value is -0.790. The van der Waals surface area contributed by atoms with Gasteiger partial charge in [0.15, 0.2) is 0 Å². The minimum Gasteiger partial charge on any atom is -0.481 e. The molecule has 80 valence electrons. The summed E-state index contributed by atoms with van der Waals surface area (Å²) in [7, 11) is 0. The second-order valence-electron chi connectivity index (χ2n) is 5.88. The highest BCUT2D eigenvalue weighted by Crippen LogP contribution is 2.45. The number of carboxylic acids is 1. The number of hydrogen-bond donors (Lipinski definition) is 1. The van der Waals surface area contributed by atoms with Crippen molar-refractivity contribution in [2.45, 2.75) is 47.0 Å². The summed E-state index contributed by atoms with van der Waals surface area (Å²) in [6.45, 7) is 8.78. The third-order valence-electron chi connectivity index (χ3n) is 2.61. The quantitative estimate of drug-likeness (QED) is 0.688. The summed E-state index contributed by atoms with van der Waals surface area (Å²) in [5, 5.41) is 8.77. The molecule has 0 aromatic heterocycles. The molecule has 0 aromatic carbocycles. The van der Waals surface area contributed by atoms with Crippen molar-refractivity contribution in [3.05, 3.63) is 11.6 Å². The molecule has 0 amide bonds. The summed E-state index contributed by atoms with van der Waals surface area (Å²) in [6, 6.07) is 0. The fraction of sp³-hybridized carbons (Fsp3) is 0.750. The first-order chi connectivity index (χ1) is 6.20. The summed E-state index contributed by atoms with van der Waals surface area (Å²) in [4.78, 5) is 10.6. The third kappa shape index (κ3) is 3.17. The molecule has 0 bridgehead atoms. The first-order valence-corrected chi connectivity index (χ1v) is 5.13. The molecule has 0 aliphatic heterocycles. The Balaban J connectivity index is 2.85. The zero-order valence-corrected chi connectivity index (χ0v) is 9.55. The Morgan fingerprint density at radius 2 is 2.00 bits per heavy atom. The Kier molecular flexibility index (Phi) is 2.75. The van der Waals surface area contributed by atoms with Crippen LogP contribution in [0, 0.1) is 10.8 Å². The molecule has 0 fully saturated rings. The van der Waals surface area contributed by atoms with Crippen LogP contribution in [0.15, 0.2) is 11.6 Å². The van der Waals surface area contributed by atoms with Gasteiger partial charge in [-0.2, -0.15) is 0 Å². The van der Waals surface area contributed by atoms with Gasteiger partial charge >= 0.3 is 5.97 Å². The van der Waals surface area contributed by atoms with E-state index in [0.29, 0.717) is 0 Å². The van der Waals surface area contributed by atoms with Gasteiger partial charge in [-0.05, 0) is 23.7 Å². The van der Waals surface area contributed by atoms with E-state index in [9.17, 15) is 4.79 Å². The molecular formula is C12H20O2. The Morgan fingerprint density at radius 1 is 1.43 bits per heavy atom. The topological polar surface area (TPSA) is 37.3 Å². The molecule has 1 aliphatic rings. The van der Waals surface area contributed by atoms with E-state index in [0.717, 1.165) is 18.4 Å². The van der Waals surface area contributed by atoms with Crippen LogP contribution in [0.3, 0.4) is 0 Å². The van der Waals surface area contributed by atoms with E-state index >= 15 is 0 Å². The van der Waals surface area contributed by atoms with Crippen LogP contribution < -0.4 is 0 Å². The van der Waals surface area contributed by atoms with Crippen LogP contribution in [-0.4, -0.2) is 11.1 Å². The minimum absolute atomic E-state index is 0.145. The van der Waals surface area contributed by atoms with Crippen LogP contribution in [0.1, 0.15) is 47.0 Å². The third-order valence-corrected chi connectivity index (χ3v) is 2.61. The number of rotatable bonds is 2. The van der Waals surface area contributed by atoms with Crippen LogP contribution in [0.5, 0.6) is 0 Å². The predicted molar refractivity (Wildman–Crippen MR) is 57.1 cm³/mol. The molecule has 1 N–H and O–H groups in total. The molecule has 0 saturated heterocycles. The average molecular weight is 196 g/mol. The molecule has 0 radical (unpaired) electrons. The SMILES string of the molecule is CC1(C)C=C(CC(=O)O)CC(C)(C)C1. The van der Waals surface area contributed by atoms with Gasteiger partial charge in [-0.15, -0.1) is 0 Å². The highest BCUT2D eigenvalue weighted by atomic mass is 16.4. The molecule has 1 aliphatic carbocycles. The van der Waals surface area contributed by atoms with Gasteiger partial charge in [0.1, 0.15) is 0 Å². The predicted octanol–water partition coefficient (Wildman–Crippen LogP) is 3.23. The lowest BCUT2D eigenvalue weighted by atomic mass is 9.66. The number of carboxylic acid groups (broad SMARTS) is 1. The molecule has 2 nitrogen and oxygen atoms in total. The summed E-state index contributed by atoms with van der Waals surface area (Å²) in [5.41, 5.74) is 1.47. The maximum atomic E-state index is 10.6. The van der Waals surface area contributed by atoms with Crippen LogP contribution in [0.4, 0.5) is 0 Å². The van der Waals surface area contributed by atoms with Gasteiger partial charge in [0.25, 0.3) is 0 Å². The molecular weight excluding hydrogens is 176 g/mol. The van der Waals surface area contributed by atoms with Gasteiger partial charge in [0.05, 0.1) is 6.42 Å². The molecule has 1 rings (SSSR count). The fourth-order valence-corrected chi connectivity index (χ4v) is 2.87. The van der Waals surface area contributed by atoms with E-state index in [1.807, 2.05) is 0 Å². The van der Waals surface area contributed by atoms with Crippen molar-refractivity contribution >= 4 is 5.97 Å². The highest BCUT2D eigenvalue weighted by molar-refractivity contribution is 5.70. The standard InChI is InChI=1S/C12H20O2/c1-11(2)6-9(5-10(13)14)7-12(3,4)8-11/h6H,5,7-8H2,1-4H3,(H,13,14). The Morgan fingerprint density at radius 3 is 2.43 bits per heavy atom. The van der Waals surface area contributed by atoms with Gasteiger partial charge in [-0.1, -0.05) is 39.3 Å². The van der Waals surface area contributed by atoms with Gasteiger partial charge in [0, 0.05) is 0 Å². The van der Waals surface area contributed by atoms with Gasteiger partial charge < -0.3 is 5.11 Å². The molecule has 0 aromatic rings. The van der Waals surface area contributed by atoms with Gasteiger partial charge in [-0.25, -0.2) is 0 Å².